The first-order chi connectivity index (χ1) is 8.09. The Bertz CT molecular complexity index is 577. The van der Waals surface area contributed by atoms with Gasteiger partial charge in [-0.15, -0.1) is 0 Å². The van der Waals surface area contributed by atoms with Crippen molar-refractivity contribution in [2.24, 2.45) is 5.73 Å². The first-order valence-electron chi connectivity index (χ1n) is 4.68. The van der Waals surface area contributed by atoms with Gasteiger partial charge >= 0.3 is 0 Å². The molecule has 1 aromatic carbocycles. The third-order valence-corrected chi connectivity index (χ3v) is 2.21. The number of nitrogens with zero attached hydrogens (tertiary/aromatic N) is 3. The molecular weight excluding hydrogens is 224 g/mol. The van der Waals surface area contributed by atoms with Crippen LogP contribution in [-0.2, 0) is 0 Å². The molecule has 0 bridgehead atoms. The Balaban J connectivity index is 2.61. The van der Waals surface area contributed by atoms with Gasteiger partial charge in [0.25, 0.3) is 11.6 Å². The van der Waals surface area contributed by atoms with Crippen molar-refractivity contribution in [2.75, 3.05) is 0 Å². The summed E-state index contributed by atoms with van der Waals surface area (Å²) in [6, 6.07) is 5.54. The Kier molecular flexibility index (Phi) is 2.57. The fourth-order valence-corrected chi connectivity index (χ4v) is 1.45. The molecule has 0 aliphatic carbocycles. The predicted molar refractivity (Wildman–Crippen MR) is 58.7 cm³/mol. The molecule has 0 spiro atoms. The van der Waals surface area contributed by atoms with E-state index >= 15 is 0 Å². The number of carbonyl (C=O) groups is 1. The Labute approximate surface area is 95.6 Å². The predicted octanol–water partition coefficient (Wildman–Crippen LogP) is 0.879. The van der Waals surface area contributed by atoms with Crippen LogP contribution in [0.4, 0.5) is 5.69 Å². The van der Waals surface area contributed by atoms with Crippen LogP contribution in [0.25, 0.3) is 5.69 Å². The zero-order valence-corrected chi connectivity index (χ0v) is 8.61. The lowest BCUT2D eigenvalue weighted by Gasteiger charge is -2.06. The van der Waals surface area contributed by atoms with Gasteiger partial charge in [0.15, 0.2) is 0 Å². The van der Waals surface area contributed by atoms with E-state index < -0.39 is 10.8 Å². The highest BCUT2D eigenvalue weighted by Crippen LogP contribution is 2.20. The summed E-state index contributed by atoms with van der Waals surface area (Å²) in [6.45, 7) is 0. The fraction of sp³-hybridized carbons (Fsp3) is 0. The fourth-order valence-electron chi connectivity index (χ4n) is 1.45. The number of nitro benzene ring substituents is 1. The van der Waals surface area contributed by atoms with Crippen LogP contribution < -0.4 is 5.73 Å². The van der Waals surface area contributed by atoms with Gasteiger partial charge in [-0.2, -0.15) is 5.10 Å². The van der Waals surface area contributed by atoms with Crippen molar-refractivity contribution >= 4 is 11.6 Å². The number of hydrogen-bond donors (Lipinski definition) is 1. The molecule has 86 valence electrons. The van der Waals surface area contributed by atoms with Crippen molar-refractivity contribution in [1.82, 2.24) is 9.78 Å². The summed E-state index contributed by atoms with van der Waals surface area (Å²) in [5.41, 5.74) is 5.47. The average Bonchev–Trinajstić information content (AvgIpc) is 2.81. The normalized spacial score (nSPS) is 10.1. The molecule has 0 aliphatic rings. The number of aromatic nitrogens is 2. The average molecular weight is 232 g/mol. The lowest BCUT2D eigenvalue weighted by atomic mass is 10.1. The smallest absolute Gasteiger partial charge is 0.270 e. The van der Waals surface area contributed by atoms with Gasteiger partial charge < -0.3 is 5.73 Å². The SMILES string of the molecule is NC(=O)c1cc([N+](=O)[O-])ccc1-n1cccn1. The Morgan fingerprint density at radius 3 is 2.76 bits per heavy atom. The molecule has 1 amide bonds. The minimum atomic E-state index is -0.737. The van der Waals surface area contributed by atoms with Crippen molar-refractivity contribution < 1.29 is 9.72 Å². The summed E-state index contributed by atoms with van der Waals surface area (Å²) >= 11 is 0. The summed E-state index contributed by atoms with van der Waals surface area (Å²) < 4.78 is 1.42. The Hall–Kier alpha value is -2.70. The highest BCUT2D eigenvalue weighted by atomic mass is 16.6. The summed E-state index contributed by atoms with van der Waals surface area (Å²) in [5, 5.41) is 14.5. The summed E-state index contributed by atoms with van der Waals surface area (Å²) in [7, 11) is 0. The molecular formula is C10H8N4O3. The molecule has 0 saturated heterocycles. The first kappa shape index (κ1) is 10.8. The number of benzene rings is 1. The van der Waals surface area contributed by atoms with E-state index in [-0.39, 0.29) is 11.3 Å². The highest BCUT2D eigenvalue weighted by molar-refractivity contribution is 5.97. The van der Waals surface area contributed by atoms with Crippen LogP contribution in [0, 0.1) is 10.1 Å². The monoisotopic (exact) mass is 232 g/mol. The van der Waals surface area contributed by atoms with Crippen LogP contribution in [-0.4, -0.2) is 20.6 Å². The topological polar surface area (TPSA) is 104 Å². The van der Waals surface area contributed by atoms with Crippen molar-refractivity contribution in [2.45, 2.75) is 0 Å². The van der Waals surface area contributed by atoms with Crippen LogP contribution in [0.3, 0.4) is 0 Å². The van der Waals surface area contributed by atoms with E-state index in [9.17, 15) is 14.9 Å². The van der Waals surface area contributed by atoms with E-state index in [1.165, 1.54) is 23.0 Å². The Morgan fingerprint density at radius 1 is 1.47 bits per heavy atom. The van der Waals surface area contributed by atoms with Gasteiger partial charge in [0.2, 0.25) is 0 Å². The maximum absolute atomic E-state index is 11.3. The molecule has 7 nitrogen and oxygen atoms in total. The lowest BCUT2D eigenvalue weighted by Crippen LogP contribution is -2.15. The van der Waals surface area contributed by atoms with Crippen molar-refractivity contribution in [3.63, 3.8) is 0 Å². The maximum atomic E-state index is 11.3. The first-order valence-corrected chi connectivity index (χ1v) is 4.68. The van der Waals surface area contributed by atoms with Gasteiger partial charge in [-0.3, -0.25) is 14.9 Å². The number of nitro groups is 1. The van der Waals surface area contributed by atoms with Crippen LogP contribution in [0.1, 0.15) is 10.4 Å². The summed E-state index contributed by atoms with van der Waals surface area (Å²) in [5.74, 6) is -0.737. The van der Waals surface area contributed by atoms with Crippen molar-refractivity contribution in [3.05, 3.63) is 52.3 Å². The molecule has 0 saturated carbocycles. The number of non-ortho nitro benzene ring substituents is 1. The third-order valence-electron chi connectivity index (χ3n) is 2.21. The standard InChI is InChI=1S/C10H8N4O3/c11-10(15)8-6-7(14(16)17)2-3-9(8)13-5-1-4-12-13/h1-6H,(H2,11,15). The number of nitrogens with two attached hydrogens (primary N) is 1. The minimum Gasteiger partial charge on any atom is -0.366 e. The maximum Gasteiger partial charge on any atom is 0.270 e. The lowest BCUT2D eigenvalue weighted by molar-refractivity contribution is -0.384. The highest BCUT2D eigenvalue weighted by Gasteiger charge is 2.15. The number of rotatable bonds is 3. The number of primary amides is 1. The van der Waals surface area contributed by atoms with E-state index in [1.54, 1.807) is 12.3 Å². The molecule has 0 atom stereocenters. The minimum absolute atomic E-state index is 0.0582. The molecule has 0 aliphatic heterocycles. The van der Waals surface area contributed by atoms with Gasteiger partial charge in [-0.05, 0) is 12.1 Å². The molecule has 0 fully saturated rings. The molecule has 0 unspecified atom stereocenters. The third kappa shape index (κ3) is 1.98. The van der Waals surface area contributed by atoms with Crippen LogP contribution >= 0.6 is 0 Å². The van der Waals surface area contributed by atoms with Gasteiger partial charge in [-0.1, -0.05) is 0 Å². The van der Waals surface area contributed by atoms with E-state index in [0.717, 1.165) is 6.07 Å². The van der Waals surface area contributed by atoms with E-state index in [1.807, 2.05) is 0 Å². The molecule has 17 heavy (non-hydrogen) atoms. The van der Waals surface area contributed by atoms with Gasteiger partial charge in [-0.25, -0.2) is 4.68 Å². The quantitative estimate of drug-likeness (QED) is 0.626. The molecule has 1 aromatic heterocycles. The molecule has 2 rings (SSSR count). The number of carbonyl (C=O) groups excluding carboxylic acids is 1. The second kappa shape index (κ2) is 4.05. The number of hydrogen-bond acceptors (Lipinski definition) is 4. The van der Waals surface area contributed by atoms with Gasteiger partial charge in [0, 0.05) is 24.5 Å². The second-order valence-electron chi connectivity index (χ2n) is 3.27. The summed E-state index contributed by atoms with van der Waals surface area (Å²) in [4.78, 5) is 21.3. The Morgan fingerprint density at radius 2 is 2.24 bits per heavy atom. The van der Waals surface area contributed by atoms with Crippen LogP contribution in [0.5, 0.6) is 0 Å². The van der Waals surface area contributed by atoms with Crippen LogP contribution in [0.2, 0.25) is 0 Å². The van der Waals surface area contributed by atoms with E-state index in [2.05, 4.69) is 5.10 Å². The second-order valence-corrected chi connectivity index (χ2v) is 3.27. The molecule has 0 radical (unpaired) electrons. The molecule has 1 heterocycles. The molecule has 7 heteroatoms. The zero-order valence-electron chi connectivity index (χ0n) is 8.61. The van der Waals surface area contributed by atoms with Crippen molar-refractivity contribution in [1.29, 1.82) is 0 Å². The molecule has 2 N–H and O–H groups in total. The zero-order chi connectivity index (χ0) is 12.4. The van der Waals surface area contributed by atoms with E-state index in [4.69, 9.17) is 5.73 Å². The van der Waals surface area contributed by atoms with Gasteiger partial charge in [0.1, 0.15) is 0 Å². The largest absolute Gasteiger partial charge is 0.366 e. The van der Waals surface area contributed by atoms with Crippen LogP contribution in [0.15, 0.2) is 36.7 Å². The summed E-state index contributed by atoms with van der Waals surface area (Å²) in [6.07, 6.45) is 3.15. The number of amides is 1. The molecule has 2 aromatic rings. The van der Waals surface area contributed by atoms with Gasteiger partial charge in [0.05, 0.1) is 16.2 Å². The van der Waals surface area contributed by atoms with Crippen molar-refractivity contribution in [3.8, 4) is 5.69 Å². The van der Waals surface area contributed by atoms with E-state index in [0.29, 0.717) is 5.69 Å².